The SMILES string of the molecule is C#CN=N[N]=[Pd]. The topological polar surface area (TPSA) is 37.1 Å². The van der Waals surface area contributed by atoms with Gasteiger partial charge in [-0.2, -0.15) is 0 Å². The van der Waals surface area contributed by atoms with Crippen molar-refractivity contribution in [1.82, 2.24) is 0 Å². The molecular weight excluding hydrogens is 172 g/mol. The molecule has 0 rings (SSSR count). The fourth-order valence-electron chi connectivity index (χ4n) is 0.0400. The maximum atomic E-state index is 4.63. The Hall–Kier alpha value is -0.378. The van der Waals surface area contributed by atoms with Crippen molar-refractivity contribution in [3.05, 3.63) is 0 Å². The van der Waals surface area contributed by atoms with Crippen LogP contribution >= 0.6 is 0 Å². The van der Waals surface area contributed by atoms with E-state index in [1.807, 2.05) is 6.04 Å². The van der Waals surface area contributed by atoms with Crippen LogP contribution in [0.15, 0.2) is 14.0 Å². The molecule has 0 saturated carbocycles. The molecule has 0 unspecified atom stereocenters. The first kappa shape index (κ1) is 5.62. The van der Waals surface area contributed by atoms with E-state index in [0.717, 1.165) is 0 Å². The van der Waals surface area contributed by atoms with Gasteiger partial charge in [-0.15, -0.1) is 0 Å². The summed E-state index contributed by atoms with van der Waals surface area (Å²) in [6.45, 7) is 0. The third-order valence-corrected chi connectivity index (χ3v) is 0.270. The molecule has 0 aliphatic heterocycles. The monoisotopic (exact) mass is 173 g/mol. The van der Waals surface area contributed by atoms with Crippen molar-refractivity contribution in [1.29, 1.82) is 0 Å². The predicted molar refractivity (Wildman–Crippen MR) is 16.1 cm³/mol. The van der Waals surface area contributed by atoms with Gasteiger partial charge >= 0.3 is 45.5 Å². The van der Waals surface area contributed by atoms with Crippen molar-refractivity contribution in [2.24, 2.45) is 14.0 Å². The van der Waals surface area contributed by atoms with Gasteiger partial charge in [0, 0.05) is 0 Å². The Morgan fingerprint density at radius 2 is 2.33 bits per heavy atom. The van der Waals surface area contributed by atoms with Crippen LogP contribution in [0.4, 0.5) is 0 Å². The molecule has 0 N–H and O–H groups in total. The van der Waals surface area contributed by atoms with E-state index in [2.05, 4.69) is 39.5 Å². The first-order chi connectivity index (χ1) is 2.91. The Labute approximate surface area is 46.1 Å². The van der Waals surface area contributed by atoms with Crippen LogP contribution in [0.25, 0.3) is 0 Å². The van der Waals surface area contributed by atoms with E-state index in [1.165, 1.54) is 0 Å². The molecule has 3 nitrogen and oxygen atoms in total. The van der Waals surface area contributed by atoms with Crippen molar-refractivity contribution in [3.8, 4) is 12.5 Å². The second kappa shape index (κ2) is 4.62. The van der Waals surface area contributed by atoms with Gasteiger partial charge in [0.25, 0.3) is 0 Å². The second-order valence-electron chi connectivity index (χ2n) is 0.382. The van der Waals surface area contributed by atoms with Crippen LogP contribution in [0.5, 0.6) is 0 Å². The summed E-state index contributed by atoms with van der Waals surface area (Å²) in [5.74, 6) is 0. The van der Waals surface area contributed by atoms with E-state index in [-0.39, 0.29) is 0 Å². The summed E-state index contributed by atoms with van der Waals surface area (Å²) in [6.07, 6.45) is 4.63. The molecule has 0 aliphatic rings. The fraction of sp³-hybridized carbons (Fsp3) is 0. The van der Waals surface area contributed by atoms with E-state index in [0.29, 0.717) is 0 Å². The van der Waals surface area contributed by atoms with Crippen molar-refractivity contribution < 1.29 is 19.0 Å². The van der Waals surface area contributed by atoms with Gasteiger partial charge in [-0.05, 0) is 0 Å². The Balaban J connectivity index is 3.26. The van der Waals surface area contributed by atoms with Crippen LogP contribution in [-0.2, 0) is 19.0 Å². The van der Waals surface area contributed by atoms with Crippen molar-refractivity contribution in [2.45, 2.75) is 0 Å². The quantitative estimate of drug-likeness (QED) is 0.242. The Morgan fingerprint density at radius 1 is 1.67 bits per heavy atom. The number of nitrogens with zero attached hydrogens (tertiary/aromatic N) is 3. The Morgan fingerprint density at radius 3 is 2.50 bits per heavy atom. The standard InChI is InChI=1S/C2HN3.Pd/c1-2-4-5-3;/h1H;. The van der Waals surface area contributed by atoms with Crippen LogP contribution in [0.2, 0.25) is 0 Å². The zero-order valence-corrected chi connectivity index (χ0v) is 4.29. The molecule has 6 heavy (non-hydrogen) atoms. The third-order valence-electron chi connectivity index (χ3n) is 0.131. The summed E-state index contributed by atoms with van der Waals surface area (Å²) in [5, 5.41) is 6.08. The average Bonchev–Trinajstić information content (AvgIpc) is 1.61. The average molecular weight is 173 g/mol. The molecule has 0 bridgehead atoms. The molecule has 4 heteroatoms. The molecule has 0 spiro atoms. The number of rotatable bonds is 1. The van der Waals surface area contributed by atoms with Gasteiger partial charge in [-0.1, -0.05) is 0 Å². The van der Waals surface area contributed by atoms with Crippen molar-refractivity contribution in [2.75, 3.05) is 0 Å². The summed E-state index contributed by atoms with van der Waals surface area (Å²) < 4.78 is 3.09. The van der Waals surface area contributed by atoms with Gasteiger partial charge in [-0.3, -0.25) is 0 Å². The Bertz CT molecular complexity index is 99.9. The van der Waals surface area contributed by atoms with E-state index < -0.39 is 0 Å². The molecule has 0 saturated heterocycles. The first-order valence-corrected chi connectivity index (χ1v) is 1.75. The second-order valence-corrected chi connectivity index (χ2v) is 0.693. The molecule has 0 aliphatic carbocycles. The summed E-state index contributed by atoms with van der Waals surface area (Å²) in [6, 6.07) is 1.91. The van der Waals surface area contributed by atoms with Crippen LogP contribution in [0, 0.1) is 12.5 Å². The molecule has 0 aromatic rings. The van der Waals surface area contributed by atoms with Crippen LogP contribution in [-0.4, -0.2) is 0 Å². The molecule has 0 heterocycles. The number of terminal acetylenes is 1. The van der Waals surface area contributed by atoms with Gasteiger partial charge in [0.05, 0.1) is 0 Å². The molecule has 0 aromatic carbocycles. The summed E-state index contributed by atoms with van der Waals surface area (Å²) >= 11 is 2.40. The maximum absolute atomic E-state index is 4.63. The first-order valence-electron chi connectivity index (χ1n) is 1.05. The normalized spacial score (nSPS) is 8.17. The molecule has 0 aromatic heterocycles. The van der Waals surface area contributed by atoms with Crippen LogP contribution in [0.1, 0.15) is 0 Å². The van der Waals surface area contributed by atoms with Crippen LogP contribution in [0.3, 0.4) is 0 Å². The third kappa shape index (κ3) is 3.62. The predicted octanol–water partition coefficient (Wildman–Crippen LogP) is 0.675. The van der Waals surface area contributed by atoms with Crippen LogP contribution < -0.4 is 0 Å². The van der Waals surface area contributed by atoms with Gasteiger partial charge in [0.15, 0.2) is 0 Å². The minimum absolute atomic E-state index is 1.91. The molecule has 0 fully saturated rings. The minimum atomic E-state index is 1.91. The van der Waals surface area contributed by atoms with E-state index in [1.54, 1.807) is 0 Å². The van der Waals surface area contributed by atoms with Gasteiger partial charge < -0.3 is 0 Å². The van der Waals surface area contributed by atoms with Crippen molar-refractivity contribution >= 4 is 0 Å². The van der Waals surface area contributed by atoms with Crippen molar-refractivity contribution in [3.63, 3.8) is 0 Å². The molecule has 0 amide bonds. The van der Waals surface area contributed by atoms with E-state index in [4.69, 9.17) is 0 Å². The summed E-state index contributed by atoms with van der Waals surface area (Å²) in [4.78, 5) is 0. The Kier molecular flexibility index (Phi) is 4.33. The van der Waals surface area contributed by atoms with Gasteiger partial charge in [0.2, 0.25) is 0 Å². The van der Waals surface area contributed by atoms with E-state index >= 15 is 0 Å². The zero-order valence-electron chi connectivity index (χ0n) is 2.74. The summed E-state index contributed by atoms with van der Waals surface area (Å²) in [7, 11) is 0. The zero-order chi connectivity index (χ0) is 4.83. The van der Waals surface area contributed by atoms with Gasteiger partial charge in [0.1, 0.15) is 0 Å². The molecule has 0 atom stereocenters. The molecule has 0 radical (unpaired) electrons. The fourth-order valence-corrected chi connectivity index (χ4v) is 0.109. The molecule has 34 valence electrons. The number of hydrogen-bond donors (Lipinski definition) is 0. The molecular formula is C2HN3Pd. The van der Waals surface area contributed by atoms with Gasteiger partial charge in [-0.25, -0.2) is 0 Å². The number of hydrogen-bond acceptors (Lipinski definition) is 2. The van der Waals surface area contributed by atoms with E-state index in [9.17, 15) is 0 Å². The summed E-state index contributed by atoms with van der Waals surface area (Å²) in [5.41, 5.74) is 0.